The normalized spacial score (nSPS) is 17.9. The molecule has 0 radical (unpaired) electrons. The van der Waals surface area contributed by atoms with E-state index in [1.54, 1.807) is 18.2 Å². The minimum absolute atomic E-state index is 0.0811. The number of halogens is 1. The molecule has 0 aliphatic carbocycles. The molecule has 0 aromatic heterocycles. The Kier molecular flexibility index (Phi) is 6.29. The zero-order chi connectivity index (χ0) is 15.1. The molecule has 2 rings (SSSR count). The molecule has 1 aromatic rings. The van der Waals surface area contributed by atoms with Gasteiger partial charge in [-0.2, -0.15) is 0 Å². The highest BCUT2D eigenvalue weighted by Crippen LogP contribution is 2.24. The van der Waals surface area contributed by atoms with Crippen molar-refractivity contribution in [2.45, 2.75) is 31.8 Å². The van der Waals surface area contributed by atoms with E-state index in [1.165, 1.54) is 0 Å². The average Bonchev–Trinajstić information content (AvgIpc) is 2.95. The Bertz CT molecular complexity index is 476. The van der Waals surface area contributed by atoms with Crippen molar-refractivity contribution >= 4 is 28.9 Å². The van der Waals surface area contributed by atoms with Crippen molar-refractivity contribution in [1.82, 2.24) is 0 Å². The average molecular weight is 313 g/mol. The van der Waals surface area contributed by atoms with Gasteiger partial charge < -0.3 is 20.5 Å². The summed E-state index contributed by atoms with van der Waals surface area (Å²) in [5.74, 6) is -0.0811. The maximum absolute atomic E-state index is 11.8. The van der Waals surface area contributed by atoms with Crippen molar-refractivity contribution in [2.75, 3.05) is 30.9 Å². The van der Waals surface area contributed by atoms with Crippen LogP contribution in [0.3, 0.4) is 0 Å². The van der Waals surface area contributed by atoms with Crippen LogP contribution in [0.5, 0.6) is 0 Å². The molecule has 1 aliphatic heterocycles. The van der Waals surface area contributed by atoms with Gasteiger partial charge in [-0.05, 0) is 37.5 Å². The van der Waals surface area contributed by atoms with Crippen molar-refractivity contribution in [3.05, 3.63) is 23.2 Å². The van der Waals surface area contributed by atoms with E-state index in [0.717, 1.165) is 19.4 Å². The molecule has 1 aliphatic rings. The van der Waals surface area contributed by atoms with Gasteiger partial charge in [0, 0.05) is 25.3 Å². The van der Waals surface area contributed by atoms with Crippen LogP contribution in [0.15, 0.2) is 18.2 Å². The number of hydrogen-bond donors (Lipinski definition) is 2. The van der Waals surface area contributed by atoms with Crippen LogP contribution in [-0.4, -0.2) is 31.8 Å². The van der Waals surface area contributed by atoms with Crippen LogP contribution in [0.2, 0.25) is 5.02 Å². The summed E-state index contributed by atoms with van der Waals surface area (Å²) < 4.78 is 11.0. The third-order valence-corrected chi connectivity index (χ3v) is 3.60. The molecular weight excluding hydrogens is 292 g/mol. The quantitative estimate of drug-likeness (QED) is 0.600. The molecule has 1 amide bonds. The van der Waals surface area contributed by atoms with Gasteiger partial charge in [0.05, 0.1) is 23.4 Å². The molecule has 116 valence electrons. The number of benzene rings is 1. The minimum atomic E-state index is -0.0811. The predicted octanol–water partition coefficient (Wildman–Crippen LogP) is 2.84. The van der Waals surface area contributed by atoms with E-state index < -0.39 is 0 Å². The highest BCUT2D eigenvalue weighted by Gasteiger charge is 2.15. The van der Waals surface area contributed by atoms with Gasteiger partial charge in [0.25, 0.3) is 0 Å². The van der Waals surface area contributed by atoms with Gasteiger partial charge in [-0.15, -0.1) is 0 Å². The summed E-state index contributed by atoms with van der Waals surface area (Å²) in [5, 5.41) is 3.21. The first-order valence-electron chi connectivity index (χ1n) is 7.19. The summed E-state index contributed by atoms with van der Waals surface area (Å²) in [7, 11) is 0. The van der Waals surface area contributed by atoms with Crippen LogP contribution in [0, 0.1) is 0 Å². The molecule has 1 heterocycles. The van der Waals surface area contributed by atoms with Crippen LogP contribution in [-0.2, 0) is 14.3 Å². The number of carbonyl (C=O) groups excluding carboxylic acids is 1. The Morgan fingerprint density at radius 2 is 2.38 bits per heavy atom. The molecule has 6 heteroatoms. The van der Waals surface area contributed by atoms with Crippen LogP contribution in [0.1, 0.15) is 25.7 Å². The van der Waals surface area contributed by atoms with E-state index in [9.17, 15) is 4.79 Å². The summed E-state index contributed by atoms with van der Waals surface area (Å²) in [6.45, 7) is 2.01. The third kappa shape index (κ3) is 5.53. The fraction of sp³-hybridized carbons (Fsp3) is 0.533. The first-order chi connectivity index (χ1) is 10.1. The monoisotopic (exact) mass is 312 g/mol. The molecule has 3 N–H and O–H groups in total. The second-order valence-electron chi connectivity index (χ2n) is 5.10. The Morgan fingerprint density at radius 3 is 3.10 bits per heavy atom. The summed E-state index contributed by atoms with van der Waals surface area (Å²) >= 11 is 6.00. The summed E-state index contributed by atoms with van der Waals surface area (Å²) in [4.78, 5) is 11.8. The van der Waals surface area contributed by atoms with Crippen LogP contribution in [0.4, 0.5) is 11.4 Å². The van der Waals surface area contributed by atoms with E-state index >= 15 is 0 Å². The number of carbonyl (C=O) groups is 1. The van der Waals surface area contributed by atoms with Gasteiger partial charge in [0.1, 0.15) is 0 Å². The first-order valence-corrected chi connectivity index (χ1v) is 7.57. The van der Waals surface area contributed by atoms with Crippen LogP contribution < -0.4 is 11.1 Å². The van der Waals surface area contributed by atoms with Crippen molar-refractivity contribution in [3.8, 4) is 0 Å². The number of rotatable bonds is 7. The Labute approximate surface area is 129 Å². The van der Waals surface area contributed by atoms with Crippen molar-refractivity contribution in [3.63, 3.8) is 0 Å². The number of ether oxygens (including phenoxy) is 2. The zero-order valence-corrected chi connectivity index (χ0v) is 12.7. The van der Waals surface area contributed by atoms with Crippen LogP contribution in [0.25, 0.3) is 0 Å². The van der Waals surface area contributed by atoms with Crippen molar-refractivity contribution in [1.29, 1.82) is 0 Å². The molecule has 1 unspecified atom stereocenters. The molecule has 21 heavy (non-hydrogen) atoms. The summed E-state index contributed by atoms with van der Waals surface area (Å²) in [5.41, 5.74) is 6.75. The minimum Gasteiger partial charge on any atom is -0.399 e. The molecule has 0 saturated carbocycles. The zero-order valence-electron chi connectivity index (χ0n) is 11.9. The van der Waals surface area contributed by atoms with E-state index in [-0.39, 0.29) is 12.0 Å². The molecule has 0 bridgehead atoms. The lowest BCUT2D eigenvalue weighted by atomic mass is 10.2. The molecular formula is C15H21ClN2O3. The molecule has 1 fully saturated rings. The van der Waals surface area contributed by atoms with Crippen molar-refractivity contribution < 1.29 is 14.3 Å². The lowest BCUT2D eigenvalue weighted by Crippen LogP contribution is -2.16. The van der Waals surface area contributed by atoms with Gasteiger partial charge in [0.15, 0.2) is 0 Å². The molecule has 1 atom stereocenters. The topological polar surface area (TPSA) is 73.6 Å². The van der Waals surface area contributed by atoms with Crippen LogP contribution >= 0.6 is 11.6 Å². The number of nitrogens with two attached hydrogens (primary N) is 1. The second kappa shape index (κ2) is 8.22. The van der Waals surface area contributed by atoms with E-state index in [1.807, 2.05) is 0 Å². The van der Waals surface area contributed by atoms with Crippen molar-refractivity contribution in [2.24, 2.45) is 0 Å². The van der Waals surface area contributed by atoms with Gasteiger partial charge in [-0.25, -0.2) is 0 Å². The van der Waals surface area contributed by atoms with Gasteiger partial charge in [0.2, 0.25) is 5.91 Å². The molecule has 0 spiro atoms. The SMILES string of the molecule is Nc1ccc(NC(=O)CCCOCC2CCCO2)c(Cl)c1. The fourth-order valence-electron chi connectivity index (χ4n) is 2.17. The largest absolute Gasteiger partial charge is 0.399 e. The predicted molar refractivity (Wildman–Crippen MR) is 83.5 cm³/mol. The number of amides is 1. The third-order valence-electron chi connectivity index (χ3n) is 3.29. The van der Waals surface area contributed by atoms with E-state index in [0.29, 0.717) is 42.5 Å². The first kappa shape index (κ1) is 16.1. The Hall–Kier alpha value is -1.30. The molecule has 5 nitrogen and oxygen atoms in total. The molecule has 1 saturated heterocycles. The number of hydrogen-bond acceptors (Lipinski definition) is 4. The molecule has 1 aromatic carbocycles. The van der Waals surface area contributed by atoms with Gasteiger partial charge >= 0.3 is 0 Å². The number of nitrogens with one attached hydrogen (secondary N) is 1. The standard InChI is InChI=1S/C15H21ClN2O3/c16-13-9-11(17)5-6-14(13)18-15(19)4-2-7-20-10-12-3-1-8-21-12/h5-6,9,12H,1-4,7-8,10,17H2,(H,18,19). The van der Waals surface area contributed by atoms with E-state index in [2.05, 4.69) is 5.32 Å². The highest BCUT2D eigenvalue weighted by molar-refractivity contribution is 6.34. The van der Waals surface area contributed by atoms with E-state index in [4.69, 9.17) is 26.8 Å². The number of anilines is 2. The lowest BCUT2D eigenvalue weighted by molar-refractivity contribution is -0.116. The smallest absolute Gasteiger partial charge is 0.224 e. The maximum atomic E-state index is 11.8. The highest BCUT2D eigenvalue weighted by atomic mass is 35.5. The fourth-order valence-corrected chi connectivity index (χ4v) is 2.41. The second-order valence-corrected chi connectivity index (χ2v) is 5.51. The van der Waals surface area contributed by atoms with Gasteiger partial charge in [-0.1, -0.05) is 11.6 Å². The maximum Gasteiger partial charge on any atom is 0.224 e. The Balaban J connectivity index is 1.60. The summed E-state index contributed by atoms with van der Waals surface area (Å²) in [6, 6.07) is 5.01. The van der Waals surface area contributed by atoms with Gasteiger partial charge in [-0.3, -0.25) is 4.79 Å². The lowest BCUT2D eigenvalue weighted by Gasteiger charge is -2.10. The Morgan fingerprint density at radius 1 is 1.52 bits per heavy atom. The summed E-state index contributed by atoms with van der Waals surface area (Å²) in [6.07, 6.45) is 3.47. The number of nitrogen functional groups attached to an aromatic ring is 1.